The predicted molar refractivity (Wildman–Crippen MR) is 87.4 cm³/mol. The molecule has 1 saturated heterocycles. The molecule has 0 aliphatic carbocycles. The molecule has 2 heterocycles. The quantitative estimate of drug-likeness (QED) is 0.619. The highest BCUT2D eigenvalue weighted by Gasteiger charge is 2.26. The Bertz CT molecular complexity index is 623. The summed E-state index contributed by atoms with van der Waals surface area (Å²) < 4.78 is 15.8. The molecule has 5 nitrogen and oxygen atoms in total. The lowest BCUT2D eigenvalue weighted by molar-refractivity contribution is -0.127. The fourth-order valence-corrected chi connectivity index (χ4v) is 2.91. The van der Waals surface area contributed by atoms with Crippen LogP contribution in [0.15, 0.2) is 36.4 Å². The van der Waals surface area contributed by atoms with Crippen LogP contribution in [0.5, 0.6) is 11.5 Å². The highest BCUT2D eigenvalue weighted by molar-refractivity contribution is 5.88. The molecular weight excluding hydrogens is 294 g/mol. The maximum atomic E-state index is 12.2. The van der Waals surface area contributed by atoms with Crippen LogP contribution in [0.4, 0.5) is 0 Å². The lowest BCUT2D eigenvalue weighted by Crippen LogP contribution is -2.36. The summed E-state index contributed by atoms with van der Waals surface area (Å²) in [6.07, 6.45) is 9.23. The number of ether oxygens (including phenoxy) is 3. The molecule has 1 aromatic rings. The minimum atomic E-state index is 0.0416. The van der Waals surface area contributed by atoms with Crippen LogP contribution in [0.3, 0.4) is 0 Å². The van der Waals surface area contributed by atoms with Gasteiger partial charge in [-0.15, -0.1) is 0 Å². The molecule has 1 amide bonds. The Labute approximate surface area is 136 Å². The SMILES string of the molecule is COCC1CCCN1C(=O)/C=C/C=C/c1ccc2c(c1)OCO2. The zero-order valence-corrected chi connectivity index (χ0v) is 13.2. The number of rotatable bonds is 5. The van der Waals surface area contributed by atoms with Gasteiger partial charge in [0.25, 0.3) is 0 Å². The topological polar surface area (TPSA) is 48.0 Å². The summed E-state index contributed by atoms with van der Waals surface area (Å²) in [7, 11) is 1.67. The van der Waals surface area contributed by atoms with E-state index in [4.69, 9.17) is 14.2 Å². The van der Waals surface area contributed by atoms with Crippen LogP contribution in [0, 0.1) is 0 Å². The maximum Gasteiger partial charge on any atom is 0.246 e. The maximum absolute atomic E-state index is 12.2. The van der Waals surface area contributed by atoms with E-state index in [0.717, 1.165) is 36.4 Å². The van der Waals surface area contributed by atoms with Gasteiger partial charge in [-0.25, -0.2) is 0 Å². The number of likely N-dealkylation sites (tertiary alicyclic amines) is 1. The molecule has 1 fully saturated rings. The third-order valence-corrected chi connectivity index (χ3v) is 4.05. The van der Waals surface area contributed by atoms with Crippen molar-refractivity contribution in [3.63, 3.8) is 0 Å². The Morgan fingerprint density at radius 3 is 3.09 bits per heavy atom. The third kappa shape index (κ3) is 3.74. The molecular formula is C18H21NO4. The molecule has 0 aromatic heterocycles. The van der Waals surface area contributed by atoms with Crippen molar-refractivity contribution in [2.45, 2.75) is 18.9 Å². The van der Waals surface area contributed by atoms with Crippen molar-refractivity contribution < 1.29 is 19.0 Å². The molecule has 3 rings (SSSR count). The smallest absolute Gasteiger partial charge is 0.246 e. The van der Waals surface area contributed by atoms with Crippen molar-refractivity contribution in [3.05, 3.63) is 42.0 Å². The van der Waals surface area contributed by atoms with Crippen LogP contribution < -0.4 is 9.47 Å². The number of hydrogen-bond donors (Lipinski definition) is 0. The minimum Gasteiger partial charge on any atom is -0.454 e. The van der Waals surface area contributed by atoms with Crippen molar-refractivity contribution in [2.24, 2.45) is 0 Å². The number of fused-ring (bicyclic) bond motifs is 1. The predicted octanol–water partition coefficient (Wildman–Crippen LogP) is 2.62. The molecule has 23 heavy (non-hydrogen) atoms. The van der Waals surface area contributed by atoms with Gasteiger partial charge in [0.05, 0.1) is 12.6 Å². The molecule has 1 aromatic carbocycles. The fraction of sp³-hybridized carbons (Fsp3) is 0.389. The normalized spacial score (nSPS) is 20.0. The van der Waals surface area contributed by atoms with Gasteiger partial charge in [-0.05, 0) is 30.5 Å². The highest BCUT2D eigenvalue weighted by Crippen LogP contribution is 2.32. The summed E-state index contributed by atoms with van der Waals surface area (Å²) in [6, 6.07) is 5.96. The second-order valence-electron chi connectivity index (χ2n) is 5.61. The number of benzene rings is 1. The van der Waals surface area contributed by atoms with E-state index in [0.29, 0.717) is 6.61 Å². The van der Waals surface area contributed by atoms with Gasteiger partial charge in [0.15, 0.2) is 11.5 Å². The number of hydrogen-bond acceptors (Lipinski definition) is 4. The van der Waals surface area contributed by atoms with E-state index in [2.05, 4.69) is 0 Å². The van der Waals surface area contributed by atoms with Crippen molar-refractivity contribution >= 4 is 12.0 Å². The number of methoxy groups -OCH3 is 1. The molecule has 1 atom stereocenters. The monoisotopic (exact) mass is 315 g/mol. The van der Waals surface area contributed by atoms with Gasteiger partial charge >= 0.3 is 0 Å². The Balaban J connectivity index is 1.56. The largest absolute Gasteiger partial charge is 0.454 e. The third-order valence-electron chi connectivity index (χ3n) is 4.05. The minimum absolute atomic E-state index is 0.0416. The summed E-state index contributed by atoms with van der Waals surface area (Å²) in [6.45, 7) is 1.69. The summed E-state index contributed by atoms with van der Waals surface area (Å²) in [5, 5.41) is 0. The first-order valence-electron chi connectivity index (χ1n) is 7.82. The molecule has 0 spiro atoms. The number of nitrogens with zero attached hydrogens (tertiary/aromatic N) is 1. The van der Waals surface area contributed by atoms with Crippen molar-refractivity contribution in [1.82, 2.24) is 4.90 Å². The van der Waals surface area contributed by atoms with E-state index >= 15 is 0 Å². The van der Waals surface area contributed by atoms with E-state index in [-0.39, 0.29) is 18.7 Å². The van der Waals surface area contributed by atoms with E-state index in [1.165, 1.54) is 0 Å². The van der Waals surface area contributed by atoms with Crippen LogP contribution >= 0.6 is 0 Å². The Morgan fingerprint density at radius 2 is 2.22 bits per heavy atom. The summed E-state index contributed by atoms with van der Waals surface area (Å²) in [5.41, 5.74) is 1.00. The molecule has 0 bridgehead atoms. The molecule has 2 aliphatic heterocycles. The van der Waals surface area contributed by atoms with Crippen LogP contribution in [-0.4, -0.2) is 43.9 Å². The second kappa shape index (κ2) is 7.33. The highest BCUT2D eigenvalue weighted by atomic mass is 16.7. The first kappa shape index (κ1) is 15.6. The van der Waals surface area contributed by atoms with Crippen LogP contribution in [0.1, 0.15) is 18.4 Å². The number of allylic oxidation sites excluding steroid dienone is 2. The Hall–Kier alpha value is -2.27. The molecule has 5 heteroatoms. The average Bonchev–Trinajstić information content (AvgIpc) is 3.20. The fourth-order valence-electron chi connectivity index (χ4n) is 2.91. The van der Waals surface area contributed by atoms with Crippen molar-refractivity contribution in [3.8, 4) is 11.5 Å². The molecule has 1 unspecified atom stereocenters. The average molecular weight is 315 g/mol. The Kier molecular flexibility index (Phi) is 4.98. The number of carbonyl (C=O) groups is 1. The van der Waals surface area contributed by atoms with Crippen molar-refractivity contribution in [1.29, 1.82) is 0 Å². The van der Waals surface area contributed by atoms with E-state index < -0.39 is 0 Å². The molecule has 0 saturated carbocycles. The Morgan fingerprint density at radius 1 is 1.35 bits per heavy atom. The van der Waals surface area contributed by atoms with Gasteiger partial charge in [-0.1, -0.05) is 24.3 Å². The molecule has 0 radical (unpaired) electrons. The van der Waals surface area contributed by atoms with Crippen LogP contribution in [0.25, 0.3) is 6.08 Å². The first-order valence-corrected chi connectivity index (χ1v) is 7.82. The van der Waals surface area contributed by atoms with Crippen LogP contribution in [-0.2, 0) is 9.53 Å². The lowest BCUT2D eigenvalue weighted by atomic mass is 10.2. The van der Waals surface area contributed by atoms with Crippen molar-refractivity contribution in [2.75, 3.05) is 27.1 Å². The number of amides is 1. The second-order valence-corrected chi connectivity index (χ2v) is 5.61. The summed E-state index contributed by atoms with van der Waals surface area (Å²) in [4.78, 5) is 14.1. The summed E-state index contributed by atoms with van der Waals surface area (Å²) in [5.74, 6) is 1.57. The van der Waals surface area contributed by atoms with Gasteiger partial charge in [0, 0.05) is 19.7 Å². The summed E-state index contributed by atoms with van der Waals surface area (Å²) >= 11 is 0. The standard InChI is InChI=1S/C18H21NO4/c1-21-12-15-6-4-10-19(15)18(20)7-3-2-5-14-8-9-16-17(11-14)23-13-22-16/h2-3,5,7-9,11,15H,4,6,10,12-13H2,1H3/b5-2+,7-3+. The van der Waals surface area contributed by atoms with E-state index in [9.17, 15) is 4.79 Å². The number of carbonyl (C=O) groups excluding carboxylic acids is 1. The van der Waals surface area contributed by atoms with Gasteiger partial charge in [0.1, 0.15) is 0 Å². The first-order chi connectivity index (χ1) is 11.3. The van der Waals surface area contributed by atoms with Gasteiger partial charge in [0.2, 0.25) is 12.7 Å². The molecule has 0 N–H and O–H groups in total. The van der Waals surface area contributed by atoms with Gasteiger partial charge in [-0.2, -0.15) is 0 Å². The van der Waals surface area contributed by atoms with Gasteiger partial charge in [-0.3, -0.25) is 4.79 Å². The zero-order valence-electron chi connectivity index (χ0n) is 13.2. The molecule has 122 valence electrons. The lowest BCUT2D eigenvalue weighted by Gasteiger charge is -2.22. The molecule has 2 aliphatic rings. The van der Waals surface area contributed by atoms with Gasteiger partial charge < -0.3 is 19.1 Å². The van der Waals surface area contributed by atoms with Crippen LogP contribution in [0.2, 0.25) is 0 Å². The van der Waals surface area contributed by atoms with E-state index in [1.54, 1.807) is 19.3 Å². The van der Waals surface area contributed by atoms with E-state index in [1.807, 2.05) is 35.3 Å². The zero-order chi connectivity index (χ0) is 16.1.